The van der Waals surface area contributed by atoms with Crippen molar-refractivity contribution in [1.82, 2.24) is 5.32 Å². The molecule has 0 aromatic heterocycles. The van der Waals surface area contributed by atoms with E-state index >= 15 is 0 Å². The van der Waals surface area contributed by atoms with E-state index in [1.54, 1.807) is 0 Å². The van der Waals surface area contributed by atoms with E-state index in [4.69, 9.17) is 9.47 Å². The van der Waals surface area contributed by atoms with Crippen LogP contribution >= 0.6 is 0 Å². The van der Waals surface area contributed by atoms with Crippen molar-refractivity contribution in [3.05, 3.63) is 0 Å². The van der Waals surface area contributed by atoms with Crippen LogP contribution in [-0.2, 0) is 9.47 Å². The number of nitrogens with one attached hydrogen (secondary N) is 1. The molecule has 98 valence electrons. The average molecular weight is 231 g/mol. The molecule has 2 unspecified atom stereocenters. The maximum atomic E-state index is 5.88. The van der Waals surface area contributed by atoms with Crippen molar-refractivity contribution in [1.29, 1.82) is 0 Å². The Bertz CT molecular complexity index is 164. The molecule has 3 nitrogen and oxygen atoms in total. The van der Waals surface area contributed by atoms with Crippen LogP contribution in [0.15, 0.2) is 0 Å². The molecule has 0 saturated heterocycles. The van der Waals surface area contributed by atoms with Crippen molar-refractivity contribution in [2.24, 2.45) is 0 Å². The first-order chi connectivity index (χ1) is 7.64. The minimum Gasteiger partial charge on any atom is -0.380 e. The van der Waals surface area contributed by atoms with Gasteiger partial charge < -0.3 is 14.8 Å². The van der Waals surface area contributed by atoms with E-state index in [1.807, 2.05) is 6.92 Å². The van der Waals surface area contributed by atoms with Crippen LogP contribution in [0, 0.1) is 0 Å². The quantitative estimate of drug-likeness (QED) is 0.586. The van der Waals surface area contributed by atoms with Crippen LogP contribution in [-0.4, -0.2) is 38.0 Å². The second kappa shape index (κ2) is 8.97. The fraction of sp³-hybridized carbons (Fsp3) is 1.00. The van der Waals surface area contributed by atoms with Crippen molar-refractivity contribution in [2.45, 2.75) is 59.1 Å². The molecular weight excluding hydrogens is 202 g/mol. The van der Waals surface area contributed by atoms with E-state index in [-0.39, 0.29) is 11.6 Å². The molecule has 0 spiro atoms. The molecule has 0 aliphatic rings. The highest BCUT2D eigenvalue weighted by molar-refractivity contribution is 4.88. The van der Waals surface area contributed by atoms with E-state index in [1.165, 1.54) is 0 Å². The Hall–Kier alpha value is -0.120. The first-order valence-electron chi connectivity index (χ1n) is 6.59. The fourth-order valence-electron chi connectivity index (χ4n) is 1.82. The van der Waals surface area contributed by atoms with Gasteiger partial charge in [-0.05, 0) is 33.2 Å². The normalized spacial score (nSPS) is 17.1. The predicted molar refractivity (Wildman–Crippen MR) is 68.9 cm³/mol. The first kappa shape index (κ1) is 15.9. The summed E-state index contributed by atoms with van der Waals surface area (Å²) in [5, 5.41) is 3.47. The highest BCUT2D eigenvalue weighted by Crippen LogP contribution is 2.20. The highest BCUT2D eigenvalue weighted by Gasteiger charge is 2.32. The third-order valence-electron chi connectivity index (χ3n) is 3.00. The summed E-state index contributed by atoms with van der Waals surface area (Å²) in [5.41, 5.74) is -0.126. The summed E-state index contributed by atoms with van der Waals surface area (Å²) in [7, 11) is 0. The molecule has 0 aliphatic heterocycles. The van der Waals surface area contributed by atoms with Gasteiger partial charge in [0.05, 0.1) is 18.2 Å². The van der Waals surface area contributed by atoms with E-state index < -0.39 is 0 Å². The molecule has 0 radical (unpaired) electrons. The molecule has 3 heteroatoms. The summed E-state index contributed by atoms with van der Waals surface area (Å²) in [6, 6.07) is 0.272. The van der Waals surface area contributed by atoms with Gasteiger partial charge in [0.15, 0.2) is 0 Å². The molecule has 0 aliphatic carbocycles. The van der Waals surface area contributed by atoms with E-state index in [0.717, 1.165) is 39.2 Å². The lowest BCUT2D eigenvalue weighted by molar-refractivity contribution is -0.0744. The van der Waals surface area contributed by atoms with Gasteiger partial charge in [0, 0.05) is 13.2 Å². The predicted octanol–water partition coefficient (Wildman–Crippen LogP) is 2.60. The zero-order valence-corrected chi connectivity index (χ0v) is 11.6. The molecule has 0 aromatic rings. The smallest absolute Gasteiger partial charge is 0.0826 e. The monoisotopic (exact) mass is 231 g/mol. The van der Waals surface area contributed by atoms with Gasteiger partial charge in [0.1, 0.15) is 0 Å². The number of likely N-dealkylation sites (N-methyl/N-ethyl adjacent to an activating group) is 1. The number of ether oxygens (including phenoxy) is 2. The van der Waals surface area contributed by atoms with E-state index in [2.05, 4.69) is 33.0 Å². The summed E-state index contributed by atoms with van der Waals surface area (Å²) >= 11 is 0. The van der Waals surface area contributed by atoms with Gasteiger partial charge in [-0.15, -0.1) is 0 Å². The number of hydrogen-bond donors (Lipinski definition) is 1. The Labute approximate surface area is 101 Å². The molecule has 2 atom stereocenters. The lowest BCUT2D eigenvalue weighted by atomic mass is 9.93. The first-order valence-corrected chi connectivity index (χ1v) is 6.59. The van der Waals surface area contributed by atoms with Crippen LogP contribution in [0.5, 0.6) is 0 Å². The second-order valence-electron chi connectivity index (χ2n) is 4.28. The van der Waals surface area contributed by atoms with Crippen LogP contribution in [0.4, 0.5) is 0 Å². The lowest BCUT2D eigenvalue weighted by Gasteiger charge is -2.37. The van der Waals surface area contributed by atoms with E-state index in [0.29, 0.717) is 0 Å². The van der Waals surface area contributed by atoms with Crippen LogP contribution in [0.2, 0.25) is 0 Å². The molecule has 16 heavy (non-hydrogen) atoms. The zero-order valence-electron chi connectivity index (χ0n) is 11.6. The van der Waals surface area contributed by atoms with Crippen molar-refractivity contribution in [2.75, 3.05) is 26.4 Å². The van der Waals surface area contributed by atoms with Crippen molar-refractivity contribution < 1.29 is 9.47 Å². The molecular formula is C13H29NO2. The van der Waals surface area contributed by atoms with Crippen LogP contribution in [0.1, 0.15) is 47.5 Å². The minimum atomic E-state index is -0.126. The maximum Gasteiger partial charge on any atom is 0.0826 e. The SMILES string of the molecule is CCCOCC(NCC)C(C)(CC)OCC. The molecule has 0 fully saturated rings. The average Bonchev–Trinajstić information content (AvgIpc) is 2.28. The van der Waals surface area contributed by atoms with Gasteiger partial charge in [-0.1, -0.05) is 20.8 Å². The molecule has 0 bridgehead atoms. The van der Waals surface area contributed by atoms with Gasteiger partial charge >= 0.3 is 0 Å². The Morgan fingerprint density at radius 1 is 1.19 bits per heavy atom. The van der Waals surface area contributed by atoms with Gasteiger partial charge in [0.25, 0.3) is 0 Å². The number of rotatable bonds is 10. The van der Waals surface area contributed by atoms with Crippen LogP contribution in [0.3, 0.4) is 0 Å². The molecule has 0 saturated carbocycles. The fourth-order valence-corrected chi connectivity index (χ4v) is 1.82. The lowest BCUT2D eigenvalue weighted by Crippen LogP contribution is -2.53. The molecule has 0 amide bonds. The summed E-state index contributed by atoms with van der Waals surface area (Å²) in [4.78, 5) is 0. The van der Waals surface area contributed by atoms with Crippen molar-refractivity contribution >= 4 is 0 Å². The van der Waals surface area contributed by atoms with Gasteiger partial charge in [-0.2, -0.15) is 0 Å². The third kappa shape index (κ3) is 5.28. The molecule has 0 aromatic carbocycles. The second-order valence-corrected chi connectivity index (χ2v) is 4.28. The van der Waals surface area contributed by atoms with Crippen LogP contribution in [0.25, 0.3) is 0 Å². The Morgan fingerprint density at radius 2 is 1.88 bits per heavy atom. The van der Waals surface area contributed by atoms with Crippen molar-refractivity contribution in [3.8, 4) is 0 Å². The van der Waals surface area contributed by atoms with Crippen molar-refractivity contribution in [3.63, 3.8) is 0 Å². The maximum absolute atomic E-state index is 5.88. The zero-order chi connectivity index (χ0) is 12.4. The largest absolute Gasteiger partial charge is 0.380 e. The van der Waals surface area contributed by atoms with Gasteiger partial charge in [-0.25, -0.2) is 0 Å². The Morgan fingerprint density at radius 3 is 2.31 bits per heavy atom. The Kier molecular flexibility index (Phi) is 8.90. The van der Waals surface area contributed by atoms with Crippen LogP contribution < -0.4 is 5.32 Å². The molecule has 0 heterocycles. The van der Waals surface area contributed by atoms with Gasteiger partial charge in [-0.3, -0.25) is 0 Å². The summed E-state index contributed by atoms with van der Waals surface area (Å²) in [6.45, 7) is 13.9. The third-order valence-corrected chi connectivity index (χ3v) is 3.00. The van der Waals surface area contributed by atoms with Gasteiger partial charge in [0.2, 0.25) is 0 Å². The molecule has 0 rings (SSSR count). The summed E-state index contributed by atoms with van der Waals surface area (Å²) in [6.07, 6.45) is 2.06. The topological polar surface area (TPSA) is 30.5 Å². The number of hydrogen-bond acceptors (Lipinski definition) is 3. The molecule has 1 N–H and O–H groups in total. The van der Waals surface area contributed by atoms with E-state index in [9.17, 15) is 0 Å². The Balaban J connectivity index is 4.32. The summed E-state index contributed by atoms with van der Waals surface area (Å²) in [5.74, 6) is 0. The standard InChI is InChI=1S/C13H29NO2/c1-6-10-15-11-12(14-8-3)13(5,7-2)16-9-4/h12,14H,6-11H2,1-5H3. The highest BCUT2D eigenvalue weighted by atomic mass is 16.5. The minimum absolute atomic E-state index is 0.126. The summed E-state index contributed by atoms with van der Waals surface area (Å²) < 4.78 is 11.5.